The van der Waals surface area contributed by atoms with Crippen molar-refractivity contribution in [3.05, 3.63) is 41.5 Å². The summed E-state index contributed by atoms with van der Waals surface area (Å²) in [6, 6.07) is 4.46. The summed E-state index contributed by atoms with van der Waals surface area (Å²) in [7, 11) is 1.29. The minimum Gasteiger partial charge on any atom is -0.467 e. The second kappa shape index (κ2) is 10.6. The summed E-state index contributed by atoms with van der Waals surface area (Å²) in [4.78, 5) is 41.4. The summed E-state index contributed by atoms with van der Waals surface area (Å²) in [6.45, 7) is 4.88. The minimum absolute atomic E-state index is 0. The van der Waals surface area contributed by atoms with Crippen molar-refractivity contribution in [1.82, 2.24) is 9.80 Å². The molecule has 3 aliphatic rings. The molecule has 2 amide bonds. The first-order valence-corrected chi connectivity index (χ1v) is 11.3. The third-order valence-corrected chi connectivity index (χ3v) is 6.98. The van der Waals surface area contributed by atoms with E-state index in [2.05, 4.69) is 6.58 Å². The van der Waals surface area contributed by atoms with Gasteiger partial charge in [-0.3, -0.25) is 9.69 Å². The van der Waals surface area contributed by atoms with Gasteiger partial charge in [0.05, 0.1) is 26.2 Å². The molecule has 0 unspecified atom stereocenters. The Hall–Kier alpha value is -2.58. The zero-order valence-corrected chi connectivity index (χ0v) is 19.7. The molecule has 1 aromatic rings. The molecule has 1 aromatic carbocycles. The van der Waals surface area contributed by atoms with Crippen LogP contribution in [0.5, 0.6) is 0 Å². The third-order valence-electron chi connectivity index (χ3n) is 6.98. The average molecular weight is 478 g/mol. The molecule has 33 heavy (non-hydrogen) atoms. The van der Waals surface area contributed by atoms with Crippen molar-refractivity contribution < 1.29 is 23.9 Å². The van der Waals surface area contributed by atoms with Crippen LogP contribution in [0.2, 0.25) is 0 Å². The Morgan fingerprint density at radius 2 is 1.94 bits per heavy atom. The van der Waals surface area contributed by atoms with Crippen molar-refractivity contribution in [2.75, 3.05) is 13.7 Å². The Kier molecular flexibility index (Phi) is 8.02. The lowest BCUT2D eigenvalue weighted by atomic mass is 9.97. The van der Waals surface area contributed by atoms with Crippen molar-refractivity contribution in [3.8, 4) is 0 Å². The van der Waals surface area contributed by atoms with Gasteiger partial charge in [0, 0.05) is 13.0 Å². The molecule has 1 saturated carbocycles. The van der Waals surface area contributed by atoms with Crippen molar-refractivity contribution in [1.29, 1.82) is 0 Å². The van der Waals surface area contributed by atoms with Crippen molar-refractivity contribution >= 4 is 36.5 Å². The predicted molar refractivity (Wildman–Crippen MR) is 125 cm³/mol. The Bertz CT molecular complexity index is 917. The average Bonchev–Trinajstić information content (AvgIpc) is 3.56. The molecule has 2 fully saturated rings. The highest BCUT2D eigenvalue weighted by Gasteiger charge is 2.45. The monoisotopic (exact) mass is 477 g/mol. The number of likely N-dealkylation sites (tertiary alicyclic amines) is 1. The predicted octanol–water partition coefficient (Wildman–Crippen LogP) is 2.86. The smallest absolute Gasteiger partial charge is 0.410 e. The molecule has 9 heteroatoms. The van der Waals surface area contributed by atoms with E-state index in [9.17, 15) is 14.4 Å². The molecule has 3 atom stereocenters. The van der Waals surface area contributed by atoms with E-state index in [1.807, 2.05) is 18.2 Å². The van der Waals surface area contributed by atoms with Gasteiger partial charge in [0.25, 0.3) is 0 Å². The van der Waals surface area contributed by atoms with Crippen LogP contribution in [-0.2, 0) is 32.2 Å². The van der Waals surface area contributed by atoms with Crippen LogP contribution in [-0.4, -0.2) is 59.6 Å². The molecule has 8 nitrogen and oxygen atoms in total. The first-order valence-electron chi connectivity index (χ1n) is 11.3. The topological polar surface area (TPSA) is 102 Å². The number of fused-ring (bicyclic) bond motifs is 1. The molecule has 0 aromatic heterocycles. The van der Waals surface area contributed by atoms with Crippen LogP contribution in [0.4, 0.5) is 4.79 Å². The number of halogens is 1. The van der Waals surface area contributed by atoms with E-state index >= 15 is 0 Å². The van der Waals surface area contributed by atoms with E-state index < -0.39 is 30.3 Å². The normalized spacial score (nSPS) is 23.0. The maximum atomic E-state index is 13.1. The fourth-order valence-corrected chi connectivity index (χ4v) is 5.18. The van der Waals surface area contributed by atoms with Crippen LogP contribution in [0.1, 0.15) is 48.8 Å². The largest absolute Gasteiger partial charge is 0.467 e. The maximum absolute atomic E-state index is 13.1. The van der Waals surface area contributed by atoms with E-state index in [1.165, 1.54) is 12.0 Å². The highest BCUT2D eigenvalue weighted by atomic mass is 35.5. The fourth-order valence-electron chi connectivity index (χ4n) is 5.18. The van der Waals surface area contributed by atoms with Crippen LogP contribution in [0.15, 0.2) is 24.8 Å². The zero-order chi connectivity index (χ0) is 22.8. The Balaban J connectivity index is 0.00000306. The highest BCUT2D eigenvalue weighted by Crippen LogP contribution is 2.31. The number of hydrogen-bond donors (Lipinski definition) is 1. The van der Waals surface area contributed by atoms with E-state index in [4.69, 9.17) is 15.2 Å². The van der Waals surface area contributed by atoms with Gasteiger partial charge in [-0.05, 0) is 35.4 Å². The zero-order valence-electron chi connectivity index (χ0n) is 18.9. The molecule has 2 heterocycles. The van der Waals surface area contributed by atoms with Gasteiger partial charge in [0.1, 0.15) is 12.1 Å². The number of amides is 2. The van der Waals surface area contributed by atoms with E-state index in [-0.39, 0.29) is 37.2 Å². The van der Waals surface area contributed by atoms with E-state index in [0.29, 0.717) is 13.1 Å². The number of rotatable bonds is 5. The van der Waals surface area contributed by atoms with Gasteiger partial charge in [-0.1, -0.05) is 43.7 Å². The van der Waals surface area contributed by atoms with Gasteiger partial charge < -0.3 is 20.1 Å². The van der Waals surface area contributed by atoms with Crippen LogP contribution in [0.25, 0.3) is 6.08 Å². The summed E-state index contributed by atoms with van der Waals surface area (Å²) < 4.78 is 10.6. The molecular formula is C24H32ClN3O5. The summed E-state index contributed by atoms with van der Waals surface area (Å²) in [5, 5.41) is 0. The molecule has 2 aliphatic heterocycles. The minimum atomic E-state index is -0.791. The standard InChI is InChI=1S/C24H31N3O5.ClH/c1-3-15-9-6-10-17-12-26(14-19(15)17)24(30)32-18-11-20(23(29)31-2)27(13-18)22(28)21(25)16-7-4-5-8-16;/h3,6,9-10,16,18,20-21H,1,4-5,7-8,11-14,25H2,2H3;1H/t18-,20+,21+;/m1./s1. The van der Waals surface area contributed by atoms with Gasteiger partial charge in [0.2, 0.25) is 5.91 Å². The number of esters is 1. The van der Waals surface area contributed by atoms with Gasteiger partial charge in [0.15, 0.2) is 0 Å². The number of methoxy groups -OCH3 is 1. The van der Waals surface area contributed by atoms with Crippen LogP contribution in [0.3, 0.4) is 0 Å². The number of carbonyl (C=O) groups is 3. The molecule has 180 valence electrons. The first-order chi connectivity index (χ1) is 15.4. The number of hydrogen-bond acceptors (Lipinski definition) is 6. The van der Waals surface area contributed by atoms with Crippen molar-refractivity contribution in [2.24, 2.45) is 11.7 Å². The Morgan fingerprint density at radius 3 is 2.61 bits per heavy atom. The second-order valence-electron chi connectivity index (χ2n) is 8.89. The quantitative estimate of drug-likeness (QED) is 0.654. The van der Waals surface area contributed by atoms with Gasteiger partial charge >= 0.3 is 12.1 Å². The van der Waals surface area contributed by atoms with Crippen LogP contribution in [0, 0.1) is 5.92 Å². The molecule has 0 bridgehead atoms. The molecule has 2 N–H and O–H groups in total. The lowest BCUT2D eigenvalue weighted by Gasteiger charge is -2.28. The van der Waals surface area contributed by atoms with E-state index in [1.54, 1.807) is 11.0 Å². The van der Waals surface area contributed by atoms with Crippen molar-refractivity contribution in [2.45, 2.75) is 63.4 Å². The molecule has 4 rings (SSSR count). The molecule has 0 spiro atoms. The first kappa shape index (κ1) is 25.1. The highest BCUT2D eigenvalue weighted by molar-refractivity contribution is 5.88. The molecule has 1 saturated heterocycles. The number of carbonyl (C=O) groups excluding carboxylic acids is 3. The van der Waals surface area contributed by atoms with Crippen molar-refractivity contribution in [3.63, 3.8) is 0 Å². The van der Waals surface area contributed by atoms with E-state index in [0.717, 1.165) is 42.4 Å². The summed E-state index contributed by atoms with van der Waals surface area (Å²) in [5.41, 5.74) is 9.40. The maximum Gasteiger partial charge on any atom is 0.410 e. The Morgan fingerprint density at radius 1 is 1.21 bits per heavy atom. The Labute approximate surface area is 200 Å². The molecular weight excluding hydrogens is 446 g/mol. The molecule has 0 radical (unpaired) electrons. The summed E-state index contributed by atoms with van der Waals surface area (Å²) in [5.74, 6) is -0.653. The number of ether oxygens (including phenoxy) is 2. The van der Waals surface area contributed by atoms with Crippen LogP contribution < -0.4 is 5.73 Å². The summed E-state index contributed by atoms with van der Waals surface area (Å²) >= 11 is 0. The number of benzene rings is 1. The molecule has 1 aliphatic carbocycles. The van der Waals surface area contributed by atoms with Gasteiger partial charge in [-0.2, -0.15) is 0 Å². The van der Waals surface area contributed by atoms with Gasteiger partial charge in [-0.15, -0.1) is 12.4 Å². The number of nitrogens with zero attached hydrogens (tertiary/aromatic N) is 2. The summed E-state index contributed by atoms with van der Waals surface area (Å²) in [6.07, 6.45) is 4.92. The lowest BCUT2D eigenvalue weighted by Crippen LogP contribution is -2.51. The third kappa shape index (κ3) is 5.01. The fraction of sp³-hybridized carbons (Fsp3) is 0.542. The second-order valence-corrected chi connectivity index (χ2v) is 8.89. The lowest BCUT2D eigenvalue weighted by molar-refractivity contribution is -0.151. The number of nitrogens with two attached hydrogens (primary N) is 1. The SMILES string of the molecule is C=Cc1cccc2c1CN(C(=O)O[C@@H]1C[C@@H](C(=O)OC)N(C(=O)[C@@H](N)C3CCCC3)C1)C2.Cl. The van der Waals surface area contributed by atoms with Gasteiger partial charge in [-0.25, -0.2) is 9.59 Å². The van der Waals surface area contributed by atoms with Crippen LogP contribution >= 0.6 is 12.4 Å².